The fourth-order valence-corrected chi connectivity index (χ4v) is 7.77. The number of nitrogens with zero attached hydrogens (tertiary/aromatic N) is 4. The Morgan fingerprint density at radius 3 is 2.57 bits per heavy atom. The number of guanidine groups is 1. The fourth-order valence-electron chi connectivity index (χ4n) is 4.82. The van der Waals surface area contributed by atoms with E-state index in [-0.39, 0.29) is 41.2 Å². The molecule has 1 aromatic heterocycles. The molecule has 1 unspecified atom stereocenters. The van der Waals surface area contributed by atoms with Gasteiger partial charge in [0.05, 0.1) is 35.7 Å². The molecule has 244 valence electrons. The monoisotopic (exact) mass is 677 g/mol. The number of halogens is 1. The summed E-state index contributed by atoms with van der Waals surface area (Å²) < 4.78 is 47.5. The van der Waals surface area contributed by atoms with Crippen LogP contribution in [0.4, 0.5) is 10.1 Å². The van der Waals surface area contributed by atoms with Gasteiger partial charge in [-0.3, -0.25) is 9.59 Å². The third kappa shape index (κ3) is 8.28. The number of aromatic nitrogens is 1. The summed E-state index contributed by atoms with van der Waals surface area (Å²) in [5.74, 6) is -2.38. The zero-order chi connectivity index (χ0) is 33.6. The highest BCUT2D eigenvalue weighted by atomic mass is 32.2. The number of nitrogens with two attached hydrogens (primary N) is 1. The maximum atomic E-state index is 15.5. The minimum absolute atomic E-state index is 0.00326. The number of carbonyl (C=O) groups is 2. The van der Waals surface area contributed by atoms with Crippen molar-refractivity contribution in [1.82, 2.24) is 15.6 Å². The third-order valence-electron chi connectivity index (χ3n) is 7.37. The number of amides is 2. The van der Waals surface area contributed by atoms with Crippen molar-refractivity contribution in [1.29, 1.82) is 5.26 Å². The number of fused-ring (bicyclic) bond motifs is 1. The van der Waals surface area contributed by atoms with Crippen LogP contribution in [-0.2, 0) is 30.7 Å². The lowest BCUT2D eigenvalue weighted by Gasteiger charge is -2.23. The number of sulfone groups is 1. The number of thiazole rings is 1. The van der Waals surface area contributed by atoms with Gasteiger partial charge >= 0.3 is 0 Å². The van der Waals surface area contributed by atoms with E-state index in [2.05, 4.69) is 20.6 Å². The summed E-state index contributed by atoms with van der Waals surface area (Å²) in [6.45, 7) is -0.193. The maximum absolute atomic E-state index is 15.5. The standard InChI is InChI=1S/C32H32FN7O5S2/c1-45-13-14-47(43,44)29(30(42)36-17-28(41)38-22-9-10-22)31-39-26-16-25(33)24(15-27(26)46-31)21-7-11-23(12-8-21)40(32(35)37-19-34)18-20-5-3-2-4-6-20/h2-8,11-12,15-16,22,29H,9-10,13-14,17-18H2,1H3,(H2,35,37)(H,36,42)(H,38,41). The number of nitrogens with one attached hydrogen (secondary N) is 2. The molecule has 0 aliphatic heterocycles. The van der Waals surface area contributed by atoms with E-state index in [0.29, 0.717) is 22.5 Å². The van der Waals surface area contributed by atoms with Crippen molar-refractivity contribution in [3.63, 3.8) is 0 Å². The van der Waals surface area contributed by atoms with Gasteiger partial charge in [-0.05, 0) is 42.2 Å². The number of hydrogen-bond acceptors (Lipinski definition) is 9. The van der Waals surface area contributed by atoms with Crippen LogP contribution in [0.3, 0.4) is 0 Å². The normalized spacial score (nSPS) is 13.9. The second-order valence-electron chi connectivity index (χ2n) is 10.8. The van der Waals surface area contributed by atoms with E-state index in [1.54, 1.807) is 41.4 Å². The minimum Gasteiger partial charge on any atom is -0.384 e. The summed E-state index contributed by atoms with van der Waals surface area (Å²) >= 11 is 0.955. The lowest BCUT2D eigenvalue weighted by Crippen LogP contribution is -2.41. The summed E-state index contributed by atoms with van der Waals surface area (Å²) in [5, 5.41) is 12.5. The number of ether oxygens (including phenoxy) is 1. The van der Waals surface area contributed by atoms with Gasteiger partial charge in [-0.2, -0.15) is 5.26 Å². The molecule has 1 aliphatic rings. The molecule has 1 heterocycles. The first-order valence-corrected chi connectivity index (χ1v) is 17.1. The summed E-state index contributed by atoms with van der Waals surface area (Å²) in [7, 11) is -2.78. The maximum Gasteiger partial charge on any atom is 0.245 e. The average molecular weight is 678 g/mol. The molecule has 15 heteroatoms. The molecule has 1 aliphatic carbocycles. The Bertz CT molecular complexity index is 1940. The van der Waals surface area contributed by atoms with Gasteiger partial charge in [0, 0.05) is 30.5 Å². The van der Waals surface area contributed by atoms with E-state index in [1.807, 2.05) is 30.3 Å². The van der Waals surface area contributed by atoms with Gasteiger partial charge in [0.1, 0.15) is 10.8 Å². The molecule has 0 radical (unpaired) electrons. The van der Waals surface area contributed by atoms with Crippen LogP contribution in [0.1, 0.15) is 28.7 Å². The molecule has 0 spiro atoms. The predicted molar refractivity (Wildman–Crippen MR) is 177 cm³/mol. The largest absolute Gasteiger partial charge is 0.384 e. The van der Waals surface area contributed by atoms with Crippen LogP contribution in [0.5, 0.6) is 0 Å². The van der Waals surface area contributed by atoms with Crippen LogP contribution in [0, 0.1) is 17.3 Å². The van der Waals surface area contributed by atoms with E-state index in [1.165, 1.54) is 13.2 Å². The number of anilines is 1. The second-order valence-corrected chi connectivity index (χ2v) is 14.1. The first-order valence-electron chi connectivity index (χ1n) is 14.6. The van der Waals surface area contributed by atoms with Gasteiger partial charge in [-0.1, -0.05) is 42.5 Å². The smallest absolute Gasteiger partial charge is 0.245 e. The van der Waals surface area contributed by atoms with Crippen LogP contribution in [0.25, 0.3) is 21.3 Å². The molecule has 47 heavy (non-hydrogen) atoms. The van der Waals surface area contributed by atoms with Crippen LogP contribution in [0.15, 0.2) is 71.7 Å². The molecule has 12 nitrogen and oxygen atoms in total. The lowest BCUT2D eigenvalue weighted by molar-refractivity contribution is -0.126. The molecule has 0 bridgehead atoms. The molecule has 1 saturated carbocycles. The Morgan fingerprint density at radius 2 is 1.91 bits per heavy atom. The summed E-state index contributed by atoms with van der Waals surface area (Å²) in [6, 6.07) is 19.1. The molecule has 1 atom stereocenters. The van der Waals surface area contributed by atoms with Gasteiger partial charge in [0.25, 0.3) is 0 Å². The van der Waals surface area contributed by atoms with E-state index < -0.39 is 38.5 Å². The molecule has 4 aromatic rings. The Labute approximate surface area is 275 Å². The predicted octanol–water partition coefficient (Wildman–Crippen LogP) is 3.40. The number of hydrogen-bond donors (Lipinski definition) is 3. The molecular formula is C32H32FN7O5S2. The Balaban J connectivity index is 1.43. The second kappa shape index (κ2) is 14.7. The zero-order valence-electron chi connectivity index (χ0n) is 25.4. The number of benzene rings is 3. The number of rotatable bonds is 13. The van der Waals surface area contributed by atoms with Crippen molar-refractivity contribution in [2.45, 2.75) is 30.7 Å². The Morgan fingerprint density at radius 1 is 1.19 bits per heavy atom. The van der Waals surface area contributed by atoms with Crippen molar-refractivity contribution >= 4 is 54.9 Å². The fraction of sp³-hybridized carbons (Fsp3) is 0.281. The number of methoxy groups -OCH3 is 1. The summed E-state index contributed by atoms with van der Waals surface area (Å²) in [4.78, 5) is 35.1. The molecule has 1 fully saturated rings. The first kappa shape index (κ1) is 33.5. The minimum atomic E-state index is -4.12. The van der Waals surface area contributed by atoms with Crippen molar-refractivity contribution < 1.29 is 27.1 Å². The highest BCUT2D eigenvalue weighted by molar-refractivity contribution is 7.92. The van der Waals surface area contributed by atoms with Gasteiger partial charge < -0.3 is 26.0 Å². The SMILES string of the molecule is COCCS(=O)(=O)C(C(=O)NCC(=O)NC1CC1)c1nc2cc(F)c(-c3ccc(N(Cc4ccccc4)C(N)=NC#N)cc3)cc2s1. The quantitative estimate of drug-likeness (QED) is 0.109. The van der Waals surface area contributed by atoms with Crippen LogP contribution < -0.4 is 21.3 Å². The van der Waals surface area contributed by atoms with Gasteiger partial charge in [0.2, 0.25) is 24.0 Å². The van der Waals surface area contributed by atoms with E-state index in [4.69, 9.17) is 15.7 Å². The van der Waals surface area contributed by atoms with E-state index >= 15 is 4.39 Å². The van der Waals surface area contributed by atoms with Crippen LogP contribution in [-0.4, -0.2) is 63.2 Å². The highest BCUT2D eigenvalue weighted by Crippen LogP contribution is 2.36. The van der Waals surface area contributed by atoms with Crippen LogP contribution >= 0.6 is 11.3 Å². The van der Waals surface area contributed by atoms with Crippen LogP contribution in [0.2, 0.25) is 0 Å². The van der Waals surface area contributed by atoms with E-state index in [0.717, 1.165) is 29.7 Å². The molecule has 2 amide bonds. The van der Waals surface area contributed by atoms with Crippen molar-refractivity contribution in [3.05, 3.63) is 83.1 Å². The van der Waals surface area contributed by atoms with Crippen molar-refractivity contribution in [2.24, 2.45) is 10.7 Å². The van der Waals surface area contributed by atoms with Gasteiger partial charge in [-0.15, -0.1) is 16.3 Å². The zero-order valence-corrected chi connectivity index (χ0v) is 27.0. The number of carbonyl (C=O) groups excluding carboxylic acids is 2. The van der Waals surface area contributed by atoms with Crippen molar-refractivity contribution in [3.8, 4) is 17.3 Å². The number of aliphatic imine (C=N–C) groups is 1. The summed E-state index contributed by atoms with van der Waals surface area (Å²) in [6.07, 6.45) is 3.43. The molecule has 5 rings (SSSR count). The highest BCUT2D eigenvalue weighted by Gasteiger charge is 2.37. The molecular weight excluding hydrogens is 646 g/mol. The van der Waals surface area contributed by atoms with Gasteiger partial charge in [0.15, 0.2) is 15.1 Å². The first-order chi connectivity index (χ1) is 22.6. The molecule has 3 aromatic carbocycles. The summed E-state index contributed by atoms with van der Waals surface area (Å²) in [5.41, 5.74) is 8.58. The lowest BCUT2D eigenvalue weighted by atomic mass is 10.0. The third-order valence-corrected chi connectivity index (χ3v) is 10.5. The van der Waals surface area contributed by atoms with E-state index in [9.17, 15) is 18.0 Å². The van der Waals surface area contributed by atoms with Gasteiger partial charge in [-0.25, -0.2) is 17.8 Å². The topological polar surface area (TPSA) is 180 Å². The number of nitriles is 1. The Kier molecular flexibility index (Phi) is 10.4. The van der Waals surface area contributed by atoms with Crippen molar-refractivity contribution in [2.75, 3.05) is 30.9 Å². The average Bonchev–Trinajstić information content (AvgIpc) is 3.78. The molecule has 0 saturated heterocycles. The Hall–Kier alpha value is -4.91. The molecule has 4 N–H and O–H groups in total.